The maximum absolute atomic E-state index is 12.5. The van der Waals surface area contributed by atoms with E-state index in [2.05, 4.69) is 4.72 Å². The van der Waals surface area contributed by atoms with Gasteiger partial charge in [0.2, 0.25) is 10.0 Å². The molecule has 0 aliphatic carbocycles. The van der Waals surface area contributed by atoms with E-state index in [4.69, 9.17) is 10.5 Å². The summed E-state index contributed by atoms with van der Waals surface area (Å²) < 4.78 is 32.8. The van der Waals surface area contributed by atoms with E-state index in [1.807, 2.05) is 44.2 Å². The second kappa shape index (κ2) is 7.12. The van der Waals surface area contributed by atoms with Crippen LogP contribution in [0.15, 0.2) is 47.4 Å². The average molecular weight is 334 g/mol. The smallest absolute Gasteiger partial charge is 0.240 e. The topological polar surface area (TPSA) is 81.4 Å². The minimum atomic E-state index is -3.62. The molecule has 0 aliphatic heterocycles. The number of nitrogens with two attached hydrogens (primary N) is 1. The lowest BCUT2D eigenvalue weighted by atomic mass is 10.1. The van der Waals surface area contributed by atoms with Gasteiger partial charge in [0.15, 0.2) is 0 Å². The maximum Gasteiger partial charge on any atom is 0.240 e. The van der Waals surface area contributed by atoms with E-state index in [-0.39, 0.29) is 11.4 Å². The van der Waals surface area contributed by atoms with Crippen LogP contribution >= 0.6 is 0 Å². The Morgan fingerprint density at radius 2 is 1.70 bits per heavy atom. The molecule has 0 saturated heterocycles. The van der Waals surface area contributed by atoms with Crippen LogP contribution in [0, 0.1) is 13.8 Å². The molecule has 3 N–H and O–H groups in total. The Balaban J connectivity index is 2.16. The normalized spacial score (nSPS) is 12.9. The standard InChI is InChI=1S/C17H22N2O3S/c1-12-9-15(10-13(2)17(12)22-3)23(20,21)19-11-16(18)14-7-5-4-6-8-14/h4-10,16,19H,11,18H2,1-3H3. The third-order valence-corrected chi connectivity index (χ3v) is 5.07. The molecule has 0 saturated carbocycles. The summed E-state index contributed by atoms with van der Waals surface area (Å²) in [5.74, 6) is 0.699. The molecule has 2 aromatic carbocycles. The minimum Gasteiger partial charge on any atom is -0.496 e. The van der Waals surface area contributed by atoms with Crippen LogP contribution in [0.5, 0.6) is 5.75 Å². The lowest BCUT2D eigenvalue weighted by Crippen LogP contribution is -2.32. The van der Waals surface area contributed by atoms with E-state index in [9.17, 15) is 8.42 Å². The highest BCUT2D eigenvalue weighted by Crippen LogP contribution is 2.26. The van der Waals surface area contributed by atoms with Crippen LogP contribution in [0.1, 0.15) is 22.7 Å². The summed E-state index contributed by atoms with van der Waals surface area (Å²) in [4.78, 5) is 0.216. The second-order valence-electron chi connectivity index (χ2n) is 5.46. The fourth-order valence-corrected chi connectivity index (χ4v) is 3.72. The van der Waals surface area contributed by atoms with E-state index >= 15 is 0 Å². The first-order valence-corrected chi connectivity index (χ1v) is 8.79. The molecule has 0 amide bonds. The fraction of sp³-hybridized carbons (Fsp3) is 0.294. The van der Waals surface area contributed by atoms with Crippen molar-refractivity contribution in [3.8, 4) is 5.75 Å². The largest absolute Gasteiger partial charge is 0.496 e. The molecule has 1 unspecified atom stereocenters. The lowest BCUT2D eigenvalue weighted by molar-refractivity contribution is 0.408. The summed E-state index contributed by atoms with van der Waals surface area (Å²) >= 11 is 0. The zero-order valence-corrected chi connectivity index (χ0v) is 14.4. The van der Waals surface area contributed by atoms with Crippen molar-refractivity contribution in [2.24, 2.45) is 5.73 Å². The van der Waals surface area contributed by atoms with Crippen LogP contribution in [-0.2, 0) is 10.0 Å². The van der Waals surface area contributed by atoms with Crippen LogP contribution < -0.4 is 15.2 Å². The van der Waals surface area contributed by atoms with E-state index in [1.165, 1.54) is 0 Å². The lowest BCUT2D eigenvalue weighted by Gasteiger charge is -2.15. The molecular formula is C17H22N2O3S. The van der Waals surface area contributed by atoms with Crippen molar-refractivity contribution in [3.63, 3.8) is 0 Å². The van der Waals surface area contributed by atoms with Gasteiger partial charge in [0.25, 0.3) is 0 Å². The number of hydrogen-bond acceptors (Lipinski definition) is 4. The maximum atomic E-state index is 12.5. The van der Waals surface area contributed by atoms with Crippen LogP contribution in [0.2, 0.25) is 0 Å². The molecule has 2 rings (SSSR count). The van der Waals surface area contributed by atoms with Crippen molar-refractivity contribution in [1.29, 1.82) is 0 Å². The molecule has 1 atom stereocenters. The van der Waals surface area contributed by atoms with Crippen LogP contribution in [0.4, 0.5) is 0 Å². The zero-order valence-electron chi connectivity index (χ0n) is 13.5. The third-order valence-electron chi connectivity index (χ3n) is 3.67. The molecule has 0 aliphatic rings. The number of methoxy groups -OCH3 is 1. The molecular weight excluding hydrogens is 312 g/mol. The predicted molar refractivity (Wildman–Crippen MR) is 91.0 cm³/mol. The van der Waals surface area contributed by atoms with Gasteiger partial charge in [-0.3, -0.25) is 0 Å². The van der Waals surface area contributed by atoms with Gasteiger partial charge in [-0.25, -0.2) is 13.1 Å². The van der Waals surface area contributed by atoms with E-state index in [0.29, 0.717) is 5.75 Å². The molecule has 0 aromatic heterocycles. The number of ether oxygens (including phenoxy) is 1. The summed E-state index contributed by atoms with van der Waals surface area (Å²) in [6, 6.07) is 12.2. The SMILES string of the molecule is COc1c(C)cc(S(=O)(=O)NCC(N)c2ccccc2)cc1C. The van der Waals surface area contributed by atoms with Crippen molar-refractivity contribution in [3.05, 3.63) is 59.2 Å². The van der Waals surface area contributed by atoms with Crippen molar-refractivity contribution in [2.45, 2.75) is 24.8 Å². The third kappa shape index (κ3) is 4.10. The highest BCUT2D eigenvalue weighted by molar-refractivity contribution is 7.89. The Morgan fingerprint density at radius 3 is 2.22 bits per heavy atom. The molecule has 2 aromatic rings. The molecule has 5 nitrogen and oxygen atoms in total. The van der Waals surface area contributed by atoms with Crippen molar-refractivity contribution in [2.75, 3.05) is 13.7 Å². The molecule has 0 heterocycles. The summed E-state index contributed by atoms with van der Waals surface area (Å²) in [7, 11) is -2.05. The average Bonchev–Trinajstić information content (AvgIpc) is 2.53. The van der Waals surface area contributed by atoms with Crippen LogP contribution in [0.3, 0.4) is 0 Å². The summed E-state index contributed by atoms with van der Waals surface area (Å²) in [5.41, 5.74) is 8.48. The Hall–Kier alpha value is -1.89. The van der Waals surface area contributed by atoms with Gasteiger partial charge in [-0.1, -0.05) is 30.3 Å². The first kappa shape index (κ1) is 17.5. The van der Waals surface area contributed by atoms with Gasteiger partial charge in [-0.05, 0) is 42.7 Å². The molecule has 6 heteroatoms. The highest BCUT2D eigenvalue weighted by Gasteiger charge is 2.18. The summed E-state index contributed by atoms with van der Waals surface area (Å²) in [5, 5.41) is 0. The number of hydrogen-bond donors (Lipinski definition) is 2. The molecule has 23 heavy (non-hydrogen) atoms. The molecule has 0 radical (unpaired) electrons. The zero-order chi connectivity index (χ0) is 17.0. The van der Waals surface area contributed by atoms with Gasteiger partial charge in [-0.2, -0.15) is 0 Å². The molecule has 0 fully saturated rings. The van der Waals surface area contributed by atoms with Gasteiger partial charge in [0.05, 0.1) is 12.0 Å². The Kier molecular flexibility index (Phi) is 5.41. The summed E-state index contributed by atoms with van der Waals surface area (Å²) in [6.45, 7) is 3.78. The van der Waals surface area contributed by atoms with E-state index in [0.717, 1.165) is 16.7 Å². The fourth-order valence-electron chi connectivity index (χ4n) is 2.49. The minimum absolute atomic E-state index is 0.135. The number of rotatable bonds is 6. The van der Waals surface area contributed by atoms with Crippen LogP contribution in [-0.4, -0.2) is 22.1 Å². The van der Waals surface area contributed by atoms with E-state index < -0.39 is 16.1 Å². The molecule has 0 spiro atoms. The van der Waals surface area contributed by atoms with Gasteiger partial charge in [0, 0.05) is 12.6 Å². The van der Waals surface area contributed by atoms with Gasteiger partial charge >= 0.3 is 0 Å². The van der Waals surface area contributed by atoms with E-state index in [1.54, 1.807) is 19.2 Å². The number of benzene rings is 2. The second-order valence-corrected chi connectivity index (χ2v) is 7.23. The quantitative estimate of drug-likeness (QED) is 0.849. The summed E-state index contributed by atoms with van der Waals surface area (Å²) in [6.07, 6.45) is 0. The first-order chi connectivity index (χ1) is 10.8. The van der Waals surface area contributed by atoms with Gasteiger partial charge in [-0.15, -0.1) is 0 Å². The van der Waals surface area contributed by atoms with Crippen LogP contribution in [0.25, 0.3) is 0 Å². The Bertz CT molecular complexity index is 751. The van der Waals surface area contributed by atoms with Crippen molar-refractivity contribution < 1.29 is 13.2 Å². The van der Waals surface area contributed by atoms with Crippen molar-refractivity contribution in [1.82, 2.24) is 4.72 Å². The number of nitrogens with one attached hydrogen (secondary N) is 1. The Morgan fingerprint density at radius 1 is 1.13 bits per heavy atom. The number of sulfonamides is 1. The Labute approximate surface area is 137 Å². The molecule has 124 valence electrons. The monoisotopic (exact) mass is 334 g/mol. The van der Waals surface area contributed by atoms with Crippen molar-refractivity contribution >= 4 is 10.0 Å². The molecule has 0 bridgehead atoms. The van der Waals surface area contributed by atoms with Gasteiger partial charge < -0.3 is 10.5 Å². The predicted octanol–water partition coefficient (Wildman–Crippen LogP) is 2.29. The van der Waals surface area contributed by atoms with Gasteiger partial charge in [0.1, 0.15) is 5.75 Å². The first-order valence-electron chi connectivity index (χ1n) is 7.30. The highest BCUT2D eigenvalue weighted by atomic mass is 32.2. The number of aryl methyl sites for hydroxylation is 2.